The fraction of sp³-hybridized carbons (Fsp3) is 0.200. The van der Waals surface area contributed by atoms with Gasteiger partial charge in [0.1, 0.15) is 13.8 Å². The highest BCUT2D eigenvalue weighted by Gasteiger charge is 2.00. The van der Waals surface area contributed by atoms with Crippen molar-refractivity contribution in [2.45, 2.75) is 6.82 Å². The van der Waals surface area contributed by atoms with Crippen LogP contribution >= 0.6 is 0 Å². The predicted molar refractivity (Wildman–Crippen MR) is 35.7 cm³/mol. The van der Waals surface area contributed by atoms with Gasteiger partial charge in [-0.2, -0.15) is 0 Å². The van der Waals surface area contributed by atoms with Crippen molar-refractivity contribution in [3.05, 3.63) is 24.1 Å². The summed E-state index contributed by atoms with van der Waals surface area (Å²) in [6.45, 7) is 2.81. The van der Waals surface area contributed by atoms with E-state index in [9.17, 15) is 0 Å². The summed E-state index contributed by atoms with van der Waals surface area (Å²) in [7, 11) is 2.17. The van der Waals surface area contributed by atoms with E-state index in [2.05, 4.69) is 32.0 Å². The van der Waals surface area contributed by atoms with Crippen LogP contribution < -0.4 is 0 Å². The van der Waals surface area contributed by atoms with Crippen molar-refractivity contribution in [1.82, 2.24) is 0 Å². The molecule has 0 N–H and O–H groups in total. The molecule has 0 atom stereocenters. The fourth-order valence-electron chi connectivity index (χ4n) is 0.607. The van der Waals surface area contributed by atoms with E-state index in [1.807, 2.05) is 6.08 Å². The molecule has 0 aromatic carbocycles. The van der Waals surface area contributed by atoms with Gasteiger partial charge in [-0.25, -0.2) is 0 Å². The molecule has 2 heteroatoms. The van der Waals surface area contributed by atoms with E-state index in [0.717, 1.165) is 0 Å². The minimum atomic E-state index is 0.644. The Morgan fingerprint density at radius 3 is 2.57 bits per heavy atom. The van der Waals surface area contributed by atoms with Crippen LogP contribution in [0.5, 0.6) is 0 Å². The molecule has 0 aromatic rings. The zero-order valence-electron chi connectivity index (χ0n) is 4.46. The first-order valence-corrected chi connectivity index (χ1v) is 2.58. The van der Waals surface area contributed by atoms with Gasteiger partial charge in [-0.05, 0) is 0 Å². The Balaban J connectivity index is 2.49. The maximum absolute atomic E-state index is 2.17. The van der Waals surface area contributed by atoms with Gasteiger partial charge in [0.15, 0.2) is 0 Å². The van der Waals surface area contributed by atoms with Gasteiger partial charge in [0, 0.05) is 0 Å². The summed E-state index contributed by atoms with van der Waals surface area (Å²) in [5.74, 6) is 4.24. The van der Waals surface area contributed by atoms with Crippen LogP contribution in [0.15, 0.2) is 24.1 Å². The smallest absolute Gasteiger partial charge is 0.129 e. The predicted octanol–water partition coefficient (Wildman–Crippen LogP) is 0.935. The van der Waals surface area contributed by atoms with Crippen LogP contribution in [0, 0.1) is 0 Å². The lowest BCUT2D eigenvalue weighted by Gasteiger charge is -1.96. The first kappa shape index (κ1) is 4.76. The summed E-state index contributed by atoms with van der Waals surface area (Å²) >= 11 is 0. The molecule has 33 valence electrons. The minimum Gasteiger partial charge on any atom is -0.131 e. The Kier molecular flexibility index (Phi) is 1.40. The monoisotopic (exact) mass is 89.1 g/mol. The first-order chi connectivity index (χ1) is 3.39. The lowest BCUT2D eigenvalue weighted by molar-refractivity contribution is 2.00. The molecule has 0 aliphatic carbocycles. The quantitative estimate of drug-likeness (QED) is 0.387. The van der Waals surface area contributed by atoms with Gasteiger partial charge >= 0.3 is 0 Å². The largest absolute Gasteiger partial charge is 0.131 e. The number of allylic oxidation sites excluding steroid dienone is 2. The molecule has 1 aliphatic heterocycles. The van der Waals surface area contributed by atoms with Crippen LogP contribution in [0.25, 0.3) is 0 Å². The zero-order chi connectivity index (χ0) is 5.11. The second-order valence-electron chi connectivity index (χ2n) is 1.82. The van der Waals surface area contributed by atoms with E-state index in [4.69, 9.17) is 0 Å². The lowest BCUT2D eigenvalue weighted by atomic mass is 9.22. The highest BCUT2D eigenvalue weighted by Crippen LogP contribution is 1.90. The van der Waals surface area contributed by atoms with Gasteiger partial charge < -0.3 is 0 Å². The molecule has 7 heavy (non-hydrogen) atoms. The van der Waals surface area contributed by atoms with Crippen LogP contribution in [0.1, 0.15) is 0 Å². The molecule has 0 bridgehead atoms. The number of rotatable bonds is 0. The molecule has 0 spiro atoms. The topological polar surface area (TPSA) is 0 Å². The Morgan fingerprint density at radius 2 is 2.29 bits per heavy atom. The molecular formula is C5H7B2. The van der Waals surface area contributed by atoms with Crippen LogP contribution in [-0.2, 0) is 0 Å². The van der Waals surface area contributed by atoms with Crippen LogP contribution in [0.2, 0.25) is 6.82 Å². The Morgan fingerprint density at radius 1 is 1.43 bits per heavy atom. The Labute approximate surface area is 45.6 Å². The molecule has 1 heterocycles. The second kappa shape index (κ2) is 2.06. The molecule has 0 saturated carbocycles. The maximum Gasteiger partial charge on any atom is 0.129 e. The van der Waals surface area contributed by atoms with E-state index >= 15 is 0 Å². The van der Waals surface area contributed by atoms with Gasteiger partial charge in [-0.1, -0.05) is 19.0 Å². The van der Waals surface area contributed by atoms with E-state index in [0.29, 0.717) is 6.60 Å². The summed E-state index contributed by atoms with van der Waals surface area (Å²) in [6.07, 6.45) is 4.12. The first-order valence-electron chi connectivity index (χ1n) is 2.58. The highest BCUT2D eigenvalue weighted by atomic mass is 13.6. The molecule has 0 amide bonds. The molecule has 0 saturated heterocycles. The third-order valence-electron chi connectivity index (χ3n) is 1.05. The average molecular weight is 88.7 g/mol. The Hall–Kier alpha value is -0.390. The van der Waals surface area contributed by atoms with E-state index in [-0.39, 0.29) is 0 Å². The van der Waals surface area contributed by atoms with Crippen LogP contribution in [0.3, 0.4) is 0 Å². The zero-order valence-corrected chi connectivity index (χ0v) is 4.46. The van der Waals surface area contributed by atoms with Crippen molar-refractivity contribution in [2.24, 2.45) is 0 Å². The van der Waals surface area contributed by atoms with Crippen LogP contribution in [-0.4, -0.2) is 13.8 Å². The summed E-state index contributed by atoms with van der Waals surface area (Å²) in [5.41, 5.74) is 0. The minimum absolute atomic E-state index is 0.644. The number of hydrogen-bond donors (Lipinski definition) is 0. The van der Waals surface area contributed by atoms with E-state index < -0.39 is 0 Å². The van der Waals surface area contributed by atoms with Crippen LogP contribution in [0.4, 0.5) is 0 Å². The third-order valence-corrected chi connectivity index (χ3v) is 1.05. The summed E-state index contributed by atoms with van der Waals surface area (Å²) in [6, 6.07) is 0. The molecular weight excluding hydrogens is 81.7 g/mol. The van der Waals surface area contributed by atoms with Gasteiger partial charge in [0.25, 0.3) is 0 Å². The molecule has 1 aliphatic rings. The SMILES string of the molecule is CB1[B]C=CC=C1. The molecule has 1 rings (SSSR count). The van der Waals surface area contributed by atoms with Gasteiger partial charge in [-0.15, -0.1) is 12.0 Å². The fourth-order valence-corrected chi connectivity index (χ4v) is 0.607. The second-order valence-corrected chi connectivity index (χ2v) is 1.82. The molecule has 0 fully saturated rings. The van der Waals surface area contributed by atoms with Crippen molar-refractivity contribution in [3.8, 4) is 0 Å². The van der Waals surface area contributed by atoms with Crippen molar-refractivity contribution in [1.29, 1.82) is 0 Å². The maximum atomic E-state index is 2.17. The van der Waals surface area contributed by atoms with Crippen molar-refractivity contribution in [3.63, 3.8) is 0 Å². The molecule has 0 aromatic heterocycles. The van der Waals surface area contributed by atoms with Gasteiger partial charge in [-0.3, -0.25) is 0 Å². The summed E-state index contributed by atoms with van der Waals surface area (Å²) in [5, 5.41) is 0. The third kappa shape index (κ3) is 1.26. The summed E-state index contributed by atoms with van der Waals surface area (Å²) in [4.78, 5) is 0. The molecule has 0 unspecified atom stereocenters. The van der Waals surface area contributed by atoms with E-state index in [1.165, 1.54) is 0 Å². The standard InChI is InChI=1S/C5H7B2/c1-7-5-3-2-4-6-7/h2-5H,1H3. The molecule has 1 radical (unpaired) electrons. The van der Waals surface area contributed by atoms with E-state index in [1.54, 1.807) is 0 Å². The van der Waals surface area contributed by atoms with Crippen molar-refractivity contribution >= 4 is 13.8 Å². The molecule has 0 nitrogen and oxygen atoms in total. The van der Waals surface area contributed by atoms with Gasteiger partial charge in [0.05, 0.1) is 0 Å². The average Bonchev–Trinajstić information content (AvgIpc) is 1.69. The van der Waals surface area contributed by atoms with Crippen molar-refractivity contribution in [2.75, 3.05) is 0 Å². The number of hydrogen-bond acceptors (Lipinski definition) is 0. The van der Waals surface area contributed by atoms with Crippen molar-refractivity contribution < 1.29 is 0 Å². The summed E-state index contributed by atoms with van der Waals surface area (Å²) < 4.78 is 0. The lowest BCUT2D eigenvalue weighted by Crippen LogP contribution is -2.14. The van der Waals surface area contributed by atoms with Gasteiger partial charge in [0.2, 0.25) is 0 Å². The highest BCUT2D eigenvalue weighted by molar-refractivity contribution is 7.16. The Bertz CT molecular complexity index is 105. The normalized spacial score (nSPS) is 17.0.